The summed E-state index contributed by atoms with van der Waals surface area (Å²) in [7, 11) is 1.96. The minimum atomic E-state index is 0.861. The van der Waals surface area contributed by atoms with Gasteiger partial charge in [0.05, 0.1) is 11.9 Å². The van der Waals surface area contributed by atoms with Crippen molar-refractivity contribution in [3.8, 4) is 5.69 Å². The standard InChI is InChI=1S/C14H18BrN3/c1-3-6-13-11(9-16-2)10-17-18(13)14-8-5-4-7-12(14)15/h4-5,7-8,10,16H,3,6,9H2,1-2H3. The summed E-state index contributed by atoms with van der Waals surface area (Å²) in [6, 6.07) is 8.18. The Labute approximate surface area is 116 Å². The lowest BCUT2D eigenvalue weighted by Gasteiger charge is -2.10. The van der Waals surface area contributed by atoms with Gasteiger partial charge in [-0.3, -0.25) is 0 Å². The summed E-state index contributed by atoms with van der Waals surface area (Å²) in [6.07, 6.45) is 4.12. The van der Waals surface area contributed by atoms with E-state index in [0.29, 0.717) is 0 Å². The average Bonchev–Trinajstić information content (AvgIpc) is 2.74. The molecular formula is C14H18BrN3. The summed E-state index contributed by atoms with van der Waals surface area (Å²) in [6.45, 7) is 3.06. The molecule has 18 heavy (non-hydrogen) atoms. The molecule has 0 aliphatic carbocycles. The Morgan fingerprint density at radius 1 is 1.33 bits per heavy atom. The minimum Gasteiger partial charge on any atom is -0.316 e. The third-order valence-electron chi connectivity index (χ3n) is 2.89. The summed E-state index contributed by atoms with van der Waals surface area (Å²) in [5.41, 5.74) is 3.66. The molecule has 0 bridgehead atoms. The van der Waals surface area contributed by atoms with Crippen LogP contribution in [0.1, 0.15) is 24.6 Å². The zero-order valence-electron chi connectivity index (χ0n) is 10.8. The molecule has 1 heterocycles. The number of aromatic nitrogens is 2. The van der Waals surface area contributed by atoms with Gasteiger partial charge in [0, 0.05) is 22.3 Å². The second-order valence-electron chi connectivity index (χ2n) is 4.26. The second-order valence-corrected chi connectivity index (χ2v) is 5.11. The molecular weight excluding hydrogens is 290 g/mol. The minimum absolute atomic E-state index is 0.861. The maximum absolute atomic E-state index is 4.53. The van der Waals surface area contributed by atoms with Crippen molar-refractivity contribution < 1.29 is 0 Å². The molecule has 0 saturated heterocycles. The molecule has 0 aliphatic rings. The van der Waals surface area contributed by atoms with E-state index < -0.39 is 0 Å². The van der Waals surface area contributed by atoms with Gasteiger partial charge in [-0.15, -0.1) is 0 Å². The summed E-state index contributed by atoms with van der Waals surface area (Å²) in [5.74, 6) is 0. The van der Waals surface area contributed by atoms with Crippen molar-refractivity contribution in [2.75, 3.05) is 7.05 Å². The SMILES string of the molecule is CCCc1c(CNC)cnn1-c1ccccc1Br. The van der Waals surface area contributed by atoms with Crippen molar-refractivity contribution in [2.45, 2.75) is 26.3 Å². The van der Waals surface area contributed by atoms with Crippen LogP contribution in [0.5, 0.6) is 0 Å². The molecule has 0 fully saturated rings. The van der Waals surface area contributed by atoms with Gasteiger partial charge < -0.3 is 5.32 Å². The highest BCUT2D eigenvalue weighted by molar-refractivity contribution is 9.10. The van der Waals surface area contributed by atoms with E-state index in [1.165, 1.54) is 11.3 Å². The van der Waals surface area contributed by atoms with Gasteiger partial charge in [0.1, 0.15) is 0 Å². The van der Waals surface area contributed by atoms with Gasteiger partial charge in [0.15, 0.2) is 0 Å². The molecule has 0 aliphatic heterocycles. The summed E-state index contributed by atoms with van der Waals surface area (Å²) in [4.78, 5) is 0. The third-order valence-corrected chi connectivity index (χ3v) is 3.56. The Morgan fingerprint density at radius 3 is 2.78 bits per heavy atom. The Kier molecular flexibility index (Phi) is 4.55. The summed E-state index contributed by atoms with van der Waals surface area (Å²) in [5, 5.41) is 7.73. The van der Waals surface area contributed by atoms with E-state index in [4.69, 9.17) is 0 Å². The zero-order chi connectivity index (χ0) is 13.0. The number of rotatable bonds is 5. The van der Waals surface area contributed by atoms with Crippen LogP contribution in [-0.4, -0.2) is 16.8 Å². The monoisotopic (exact) mass is 307 g/mol. The molecule has 0 atom stereocenters. The quantitative estimate of drug-likeness (QED) is 0.918. The molecule has 3 nitrogen and oxygen atoms in total. The average molecular weight is 308 g/mol. The van der Waals surface area contributed by atoms with E-state index in [9.17, 15) is 0 Å². The maximum atomic E-state index is 4.53. The van der Waals surface area contributed by atoms with Gasteiger partial charge in [0.2, 0.25) is 0 Å². The molecule has 0 radical (unpaired) electrons. The fourth-order valence-corrected chi connectivity index (χ4v) is 2.53. The van der Waals surface area contributed by atoms with E-state index >= 15 is 0 Å². The Hall–Kier alpha value is -1.13. The Bertz CT molecular complexity index is 520. The van der Waals surface area contributed by atoms with Gasteiger partial charge in [-0.25, -0.2) is 4.68 Å². The molecule has 0 saturated carbocycles. The van der Waals surface area contributed by atoms with Crippen LogP contribution >= 0.6 is 15.9 Å². The first-order chi connectivity index (χ1) is 8.77. The fraction of sp³-hybridized carbons (Fsp3) is 0.357. The summed E-state index contributed by atoms with van der Waals surface area (Å²) < 4.78 is 3.11. The van der Waals surface area contributed by atoms with Gasteiger partial charge in [-0.2, -0.15) is 5.10 Å². The van der Waals surface area contributed by atoms with Crippen molar-refractivity contribution in [1.82, 2.24) is 15.1 Å². The van der Waals surface area contributed by atoms with Crippen LogP contribution < -0.4 is 5.32 Å². The Morgan fingerprint density at radius 2 is 2.11 bits per heavy atom. The second kappa shape index (κ2) is 6.16. The van der Waals surface area contributed by atoms with Crippen LogP contribution in [0.4, 0.5) is 0 Å². The van der Waals surface area contributed by atoms with Crippen molar-refractivity contribution in [1.29, 1.82) is 0 Å². The van der Waals surface area contributed by atoms with E-state index in [0.717, 1.165) is 29.5 Å². The number of hydrogen-bond acceptors (Lipinski definition) is 2. The molecule has 96 valence electrons. The van der Waals surface area contributed by atoms with Crippen LogP contribution in [-0.2, 0) is 13.0 Å². The highest BCUT2D eigenvalue weighted by atomic mass is 79.9. The molecule has 2 aromatic rings. The Balaban J connectivity index is 2.47. The van der Waals surface area contributed by atoms with Crippen LogP contribution in [0, 0.1) is 0 Å². The lowest BCUT2D eigenvalue weighted by molar-refractivity contribution is 0.748. The third kappa shape index (κ3) is 2.65. The van der Waals surface area contributed by atoms with E-state index in [1.54, 1.807) is 0 Å². The van der Waals surface area contributed by atoms with Crippen LogP contribution in [0.25, 0.3) is 5.69 Å². The van der Waals surface area contributed by atoms with Crippen molar-refractivity contribution in [3.05, 3.63) is 46.2 Å². The zero-order valence-corrected chi connectivity index (χ0v) is 12.4. The van der Waals surface area contributed by atoms with E-state index in [-0.39, 0.29) is 0 Å². The predicted octanol–water partition coefficient (Wildman–Crippen LogP) is 3.31. The molecule has 1 N–H and O–H groups in total. The number of para-hydroxylation sites is 1. The largest absolute Gasteiger partial charge is 0.316 e. The maximum Gasteiger partial charge on any atom is 0.0790 e. The highest BCUT2D eigenvalue weighted by Gasteiger charge is 2.12. The summed E-state index contributed by atoms with van der Waals surface area (Å²) >= 11 is 3.59. The normalized spacial score (nSPS) is 10.8. The molecule has 0 amide bonds. The number of nitrogens with one attached hydrogen (secondary N) is 1. The molecule has 1 aromatic heterocycles. The topological polar surface area (TPSA) is 29.9 Å². The number of halogens is 1. The first kappa shape index (κ1) is 13.3. The molecule has 4 heteroatoms. The van der Waals surface area contributed by atoms with Gasteiger partial charge >= 0.3 is 0 Å². The van der Waals surface area contributed by atoms with Gasteiger partial charge in [-0.1, -0.05) is 25.5 Å². The van der Waals surface area contributed by atoms with Crippen molar-refractivity contribution in [3.63, 3.8) is 0 Å². The predicted molar refractivity (Wildman–Crippen MR) is 78.0 cm³/mol. The molecule has 0 unspecified atom stereocenters. The number of benzene rings is 1. The first-order valence-corrected chi connectivity index (χ1v) is 7.02. The van der Waals surface area contributed by atoms with E-state index in [1.807, 2.05) is 36.1 Å². The lowest BCUT2D eigenvalue weighted by atomic mass is 10.1. The van der Waals surface area contributed by atoms with Crippen LogP contribution in [0.3, 0.4) is 0 Å². The molecule has 2 rings (SSSR count). The number of nitrogens with zero attached hydrogens (tertiary/aromatic N) is 2. The van der Waals surface area contributed by atoms with Gasteiger partial charge in [0.25, 0.3) is 0 Å². The number of hydrogen-bond donors (Lipinski definition) is 1. The van der Waals surface area contributed by atoms with Crippen LogP contribution in [0.15, 0.2) is 34.9 Å². The lowest BCUT2D eigenvalue weighted by Crippen LogP contribution is -2.09. The fourth-order valence-electron chi connectivity index (χ4n) is 2.08. The van der Waals surface area contributed by atoms with Crippen molar-refractivity contribution >= 4 is 15.9 Å². The van der Waals surface area contributed by atoms with Crippen LogP contribution in [0.2, 0.25) is 0 Å². The smallest absolute Gasteiger partial charge is 0.0790 e. The molecule has 1 aromatic carbocycles. The van der Waals surface area contributed by atoms with E-state index in [2.05, 4.69) is 39.3 Å². The highest BCUT2D eigenvalue weighted by Crippen LogP contribution is 2.23. The van der Waals surface area contributed by atoms with Gasteiger partial charge in [-0.05, 0) is 41.5 Å². The first-order valence-electron chi connectivity index (χ1n) is 6.23. The molecule has 0 spiro atoms. The van der Waals surface area contributed by atoms with Crippen molar-refractivity contribution in [2.24, 2.45) is 0 Å².